The van der Waals surface area contributed by atoms with Gasteiger partial charge in [-0.25, -0.2) is 4.89 Å². The van der Waals surface area contributed by atoms with Crippen molar-refractivity contribution in [2.45, 2.75) is 83.7 Å². The summed E-state index contributed by atoms with van der Waals surface area (Å²) in [5.74, 6) is -0.114. The second-order valence-electron chi connectivity index (χ2n) is 5.80. The molecule has 0 spiro atoms. The van der Waals surface area contributed by atoms with Crippen molar-refractivity contribution in [3.05, 3.63) is 24.3 Å². The van der Waals surface area contributed by atoms with Crippen molar-refractivity contribution in [3.63, 3.8) is 0 Å². The van der Waals surface area contributed by atoms with E-state index < -0.39 is 0 Å². The molecular formula is C19H34O4. The van der Waals surface area contributed by atoms with E-state index in [1.54, 1.807) is 0 Å². The Morgan fingerprint density at radius 3 is 2.39 bits per heavy atom. The van der Waals surface area contributed by atoms with Gasteiger partial charge in [0, 0.05) is 6.42 Å². The van der Waals surface area contributed by atoms with E-state index in [9.17, 15) is 4.79 Å². The van der Waals surface area contributed by atoms with E-state index in [2.05, 4.69) is 34.8 Å². The number of carbonyl (C=O) groups is 1. The van der Waals surface area contributed by atoms with Gasteiger partial charge in [0.15, 0.2) is 0 Å². The maximum absolute atomic E-state index is 10.9. The zero-order valence-corrected chi connectivity index (χ0v) is 14.8. The summed E-state index contributed by atoms with van der Waals surface area (Å²) in [7, 11) is 1.43. The molecule has 1 N–H and O–H groups in total. The topological polar surface area (TPSA) is 55.8 Å². The van der Waals surface area contributed by atoms with E-state index in [1.807, 2.05) is 6.08 Å². The van der Waals surface area contributed by atoms with E-state index in [4.69, 9.17) is 5.26 Å². The van der Waals surface area contributed by atoms with E-state index in [-0.39, 0.29) is 12.1 Å². The fourth-order valence-electron chi connectivity index (χ4n) is 2.24. The maximum atomic E-state index is 10.9. The van der Waals surface area contributed by atoms with Crippen LogP contribution in [0.1, 0.15) is 77.6 Å². The summed E-state index contributed by atoms with van der Waals surface area (Å²) in [6, 6.07) is 0. The molecule has 0 aromatic carbocycles. The number of carbonyl (C=O) groups excluding carboxylic acids is 1. The molecule has 23 heavy (non-hydrogen) atoms. The van der Waals surface area contributed by atoms with Gasteiger partial charge in [-0.1, -0.05) is 63.3 Å². The number of allylic oxidation sites excluding steroid dienone is 2. The van der Waals surface area contributed by atoms with Gasteiger partial charge in [0.2, 0.25) is 0 Å². The molecule has 1 unspecified atom stereocenters. The van der Waals surface area contributed by atoms with Gasteiger partial charge >= 0.3 is 5.97 Å². The lowest BCUT2D eigenvalue weighted by Gasteiger charge is -2.05. The Hall–Kier alpha value is -1.13. The second kappa shape index (κ2) is 17.2. The van der Waals surface area contributed by atoms with Gasteiger partial charge in [0.1, 0.15) is 6.10 Å². The van der Waals surface area contributed by atoms with Gasteiger partial charge in [-0.2, -0.15) is 0 Å². The highest BCUT2D eigenvalue weighted by molar-refractivity contribution is 5.68. The van der Waals surface area contributed by atoms with E-state index >= 15 is 0 Å². The number of methoxy groups -OCH3 is 1. The Kier molecular flexibility index (Phi) is 16.4. The minimum Gasteiger partial charge on any atom is -0.469 e. The highest BCUT2D eigenvalue weighted by atomic mass is 17.1. The third-order valence-corrected chi connectivity index (χ3v) is 3.72. The summed E-state index contributed by atoms with van der Waals surface area (Å²) in [6.07, 6.45) is 19.2. The molecule has 4 nitrogen and oxygen atoms in total. The van der Waals surface area contributed by atoms with E-state index in [0.29, 0.717) is 12.8 Å². The first kappa shape index (κ1) is 21.9. The van der Waals surface area contributed by atoms with Crippen molar-refractivity contribution in [1.29, 1.82) is 0 Å². The van der Waals surface area contributed by atoms with Gasteiger partial charge < -0.3 is 4.74 Å². The highest BCUT2D eigenvalue weighted by Gasteiger charge is 2.01. The predicted octanol–water partition coefficient (Wildman–Crippen LogP) is 5.44. The third kappa shape index (κ3) is 15.5. The molecule has 4 heteroatoms. The Morgan fingerprint density at radius 1 is 1.00 bits per heavy atom. The van der Waals surface area contributed by atoms with Crippen LogP contribution >= 0.6 is 0 Å². The maximum Gasteiger partial charge on any atom is 0.305 e. The van der Waals surface area contributed by atoms with E-state index in [1.165, 1.54) is 26.4 Å². The van der Waals surface area contributed by atoms with Crippen molar-refractivity contribution in [3.8, 4) is 0 Å². The largest absolute Gasteiger partial charge is 0.469 e. The summed E-state index contributed by atoms with van der Waals surface area (Å²) >= 11 is 0. The lowest BCUT2D eigenvalue weighted by Crippen LogP contribution is -2.05. The molecule has 0 saturated carbocycles. The van der Waals surface area contributed by atoms with Gasteiger partial charge in [0.05, 0.1) is 7.11 Å². The molecule has 0 radical (unpaired) electrons. The van der Waals surface area contributed by atoms with Crippen LogP contribution in [0.5, 0.6) is 0 Å². The second-order valence-corrected chi connectivity index (χ2v) is 5.80. The zero-order chi connectivity index (χ0) is 17.2. The van der Waals surface area contributed by atoms with Crippen LogP contribution in [0.2, 0.25) is 0 Å². The quantitative estimate of drug-likeness (QED) is 0.143. The van der Waals surface area contributed by atoms with Crippen LogP contribution in [-0.4, -0.2) is 24.4 Å². The van der Waals surface area contributed by atoms with Gasteiger partial charge in [-0.15, -0.1) is 0 Å². The summed E-state index contributed by atoms with van der Waals surface area (Å²) in [4.78, 5) is 15.4. The number of esters is 1. The first-order valence-corrected chi connectivity index (χ1v) is 8.93. The van der Waals surface area contributed by atoms with Crippen LogP contribution in [0.4, 0.5) is 0 Å². The van der Waals surface area contributed by atoms with Crippen LogP contribution in [-0.2, 0) is 14.4 Å². The normalized spacial score (nSPS) is 13.0. The minimum atomic E-state index is -0.235. The fourth-order valence-corrected chi connectivity index (χ4v) is 2.24. The van der Waals surface area contributed by atoms with E-state index in [0.717, 1.165) is 38.5 Å². The molecule has 0 aromatic heterocycles. The lowest BCUT2D eigenvalue weighted by molar-refractivity contribution is -0.264. The predicted molar refractivity (Wildman–Crippen MR) is 94.3 cm³/mol. The Labute approximate surface area is 141 Å². The van der Waals surface area contributed by atoms with Gasteiger partial charge in [-0.05, 0) is 32.1 Å². The Morgan fingerprint density at radius 2 is 1.70 bits per heavy atom. The first-order valence-electron chi connectivity index (χ1n) is 8.93. The van der Waals surface area contributed by atoms with Crippen LogP contribution in [0.15, 0.2) is 24.3 Å². The van der Waals surface area contributed by atoms with Crippen LogP contribution in [0.25, 0.3) is 0 Å². The number of ether oxygens (including phenoxy) is 1. The molecule has 0 amide bonds. The number of hydrogen-bond acceptors (Lipinski definition) is 4. The monoisotopic (exact) mass is 326 g/mol. The molecule has 1 atom stereocenters. The van der Waals surface area contributed by atoms with Crippen molar-refractivity contribution in [2.75, 3.05) is 7.11 Å². The molecule has 0 aliphatic heterocycles. The first-order chi connectivity index (χ1) is 11.2. The molecule has 0 fully saturated rings. The lowest BCUT2D eigenvalue weighted by atomic mass is 10.1. The van der Waals surface area contributed by atoms with Crippen molar-refractivity contribution >= 4 is 5.97 Å². The summed E-state index contributed by atoms with van der Waals surface area (Å²) in [5.41, 5.74) is 0. The Balaban J connectivity index is 3.51. The fraction of sp³-hybridized carbons (Fsp3) is 0.737. The molecule has 0 aliphatic carbocycles. The summed E-state index contributed by atoms with van der Waals surface area (Å²) < 4.78 is 4.61. The molecule has 134 valence electrons. The molecule has 0 heterocycles. The third-order valence-electron chi connectivity index (χ3n) is 3.72. The smallest absolute Gasteiger partial charge is 0.305 e. The van der Waals surface area contributed by atoms with Crippen molar-refractivity contribution in [1.82, 2.24) is 0 Å². The number of hydrogen-bond donors (Lipinski definition) is 1. The number of unbranched alkanes of at least 4 members (excludes halogenated alkanes) is 7. The molecular weight excluding hydrogens is 292 g/mol. The van der Waals surface area contributed by atoms with Crippen molar-refractivity contribution in [2.24, 2.45) is 0 Å². The Bertz CT molecular complexity index is 323. The average molecular weight is 326 g/mol. The average Bonchev–Trinajstić information content (AvgIpc) is 2.57. The molecule has 0 saturated heterocycles. The number of rotatable bonds is 15. The summed E-state index contributed by atoms with van der Waals surface area (Å²) in [6.45, 7) is 2.16. The van der Waals surface area contributed by atoms with Crippen LogP contribution in [0.3, 0.4) is 0 Å². The van der Waals surface area contributed by atoms with Crippen LogP contribution < -0.4 is 0 Å². The summed E-state index contributed by atoms with van der Waals surface area (Å²) in [5, 5.41) is 8.84. The van der Waals surface area contributed by atoms with Crippen LogP contribution in [0, 0.1) is 0 Å². The molecule has 0 aromatic rings. The SMILES string of the molecule is CCCC/C=C/C(C/C=C/CCCCCCCC(=O)OC)OO. The van der Waals surface area contributed by atoms with Gasteiger partial charge in [0.25, 0.3) is 0 Å². The van der Waals surface area contributed by atoms with Crippen molar-refractivity contribution < 1.29 is 19.7 Å². The molecule has 0 aliphatic rings. The molecule has 0 rings (SSSR count). The van der Waals surface area contributed by atoms with Gasteiger partial charge in [-0.3, -0.25) is 10.1 Å². The minimum absolute atomic E-state index is 0.114. The molecule has 0 bridgehead atoms. The zero-order valence-electron chi connectivity index (χ0n) is 14.8. The highest BCUT2D eigenvalue weighted by Crippen LogP contribution is 2.09. The standard InChI is InChI=1S/C19H34O4/c1-3-4-5-12-15-18(23-21)16-13-10-8-6-7-9-11-14-17-19(20)22-2/h10,12-13,15,18,21H,3-9,11,14,16-17H2,1-2H3/b13-10+,15-12+.